The molecule has 0 radical (unpaired) electrons. The van der Waals surface area contributed by atoms with Gasteiger partial charge in [0.05, 0.1) is 6.04 Å². The van der Waals surface area contributed by atoms with Crippen molar-refractivity contribution in [1.82, 2.24) is 10.6 Å². The maximum atomic E-state index is 13.0. The Kier molecular flexibility index (Phi) is 4.53. The SMILES string of the molecule is Cc1cc(F)ccc1CCNC(=O)C1NCCC1C. The van der Waals surface area contributed by atoms with Gasteiger partial charge in [-0.3, -0.25) is 4.79 Å². The fourth-order valence-electron chi connectivity index (χ4n) is 2.56. The second-order valence-electron chi connectivity index (χ2n) is 5.31. The van der Waals surface area contributed by atoms with Crippen LogP contribution in [0.3, 0.4) is 0 Å². The number of rotatable bonds is 4. The molecule has 1 fully saturated rings. The Balaban J connectivity index is 1.81. The van der Waals surface area contributed by atoms with Crippen LogP contribution in [-0.4, -0.2) is 25.0 Å². The van der Waals surface area contributed by atoms with E-state index >= 15 is 0 Å². The van der Waals surface area contributed by atoms with E-state index in [1.807, 2.05) is 6.92 Å². The highest BCUT2D eigenvalue weighted by Gasteiger charge is 2.28. The molecule has 0 bridgehead atoms. The third-order valence-electron chi connectivity index (χ3n) is 3.81. The Morgan fingerprint density at radius 3 is 2.95 bits per heavy atom. The van der Waals surface area contributed by atoms with Crippen molar-refractivity contribution in [3.63, 3.8) is 0 Å². The van der Waals surface area contributed by atoms with E-state index in [1.165, 1.54) is 12.1 Å². The second-order valence-corrected chi connectivity index (χ2v) is 5.31. The standard InChI is InChI=1S/C15H21FN2O/c1-10-5-7-17-14(10)15(19)18-8-6-12-3-4-13(16)9-11(12)2/h3-4,9-10,14,17H,5-8H2,1-2H3,(H,18,19). The van der Waals surface area contributed by atoms with Crippen LogP contribution in [0.1, 0.15) is 24.5 Å². The quantitative estimate of drug-likeness (QED) is 0.870. The van der Waals surface area contributed by atoms with Crippen molar-refractivity contribution in [2.24, 2.45) is 5.92 Å². The van der Waals surface area contributed by atoms with Crippen LogP contribution in [0.2, 0.25) is 0 Å². The van der Waals surface area contributed by atoms with Crippen molar-refractivity contribution in [2.75, 3.05) is 13.1 Å². The van der Waals surface area contributed by atoms with E-state index in [9.17, 15) is 9.18 Å². The predicted molar refractivity (Wildman–Crippen MR) is 73.4 cm³/mol. The van der Waals surface area contributed by atoms with Crippen molar-refractivity contribution in [1.29, 1.82) is 0 Å². The number of amides is 1. The maximum Gasteiger partial charge on any atom is 0.237 e. The number of carbonyl (C=O) groups excluding carboxylic acids is 1. The van der Waals surface area contributed by atoms with E-state index in [1.54, 1.807) is 6.07 Å². The molecule has 1 aromatic carbocycles. The number of benzene rings is 1. The van der Waals surface area contributed by atoms with Crippen LogP contribution in [0.5, 0.6) is 0 Å². The lowest BCUT2D eigenvalue weighted by Crippen LogP contribution is -2.43. The molecular weight excluding hydrogens is 243 g/mol. The first kappa shape index (κ1) is 14.0. The van der Waals surface area contributed by atoms with Gasteiger partial charge in [-0.05, 0) is 55.5 Å². The minimum Gasteiger partial charge on any atom is -0.354 e. The molecule has 2 atom stereocenters. The Hall–Kier alpha value is -1.42. The van der Waals surface area contributed by atoms with Crippen LogP contribution in [0.4, 0.5) is 4.39 Å². The van der Waals surface area contributed by atoms with Gasteiger partial charge in [-0.1, -0.05) is 13.0 Å². The summed E-state index contributed by atoms with van der Waals surface area (Å²) in [5.41, 5.74) is 2.01. The molecular formula is C15H21FN2O. The molecule has 1 amide bonds. The van der Waals surface area contributed by atoms with Crippen molar-refractivity contribution < 1.29 is 9.18 Å². The molecule has 1 aliphatic rings. The minimum atomic E-state index is -0.214. The van der Waals surface area contributed by atoms with Gasteiger partial charge in [0, 0.05) is 6.54 Å². The van der Waals surface area contributed by atoms with E-state index in [0.717, 1.165) is 30.5 Å². The first-order chi connectivity index (χ1) is 9.08. The number of carbonyl (C=O) groups is 1. The Morgan fingerprint density at radius 1 is 1.53 bits per heavy atom. The summed E-state index contributed by atoms with van der Waals surface area (Å²) in [6.45, 7) is 5.49. The first-order valence-corrected chi connectivity index (χ1v) is 6.84. The average molecular weight is 264 g/mol. The van der Waals surface area contributed by atoms with E-state index in [0.29, 0.717) is 12.5 Å². The summed E-state index contributed by atoms with van der Waals surface area (Å²) in [4.78, 5) is 12.0. The lowest BCUT2D eigenvalue weighted by Gasteiger charge is -2.15. The van der Waals surface area contributed by atoms with Gasteiger partial charge in [-0.2, -0.15) is 0 Å². The molecule has 2 rings (SSSR count). The Bertz CT molecular complexity index is 461. The topological polar surface area (TPSA) is 41.1 Å². The molecule has 2 unspecified atom stereocenters. The van der Waals surface area contributed by atoms with E-state index in [4.69, 9.17) is 0 Å². The average Bonchev–Trinajstić information content (AvgIpc) is 2.78. The normalized spacial score (nSPS) is 22.5. The molecule has 0 aromatic heterocycles. The summed E-state index contributed by atoms with van der Waals surface area (Å²) in [6, 6.07) is 4.71. The molecule has 19 heavy (non-hydrogen) atoms. The van der Waals surface area contributed by atoms with Gasteiger partial charge in [0.1, 0.15) is 5.82 Å². The fourth-order valence-corrected chi connectivity index (χ4v) is 2.56. The number of nitrogens with one attached hydrogen (secondary N) is 2. The van der Waals surface area contributed by atoms with Gasteiger partial charge in [-0.25, -0.2) is 4.39 Å². The van der Waals surface area contributed by atoms with Crippen LogP contribution in [0.15, 0.2) is 18.2 Å². The minimum absolute atomic E-state index is 0.0608. The third kappa shape index (κ3) is 3.53. The number of aryl methyl sites for hydroxylation is 1. The number of hydrogen-bond donors (Lipinski definition) is 2. The molecule has 4 heteroatoms. The van der Waals surface area contributed by atoms with Crippen LogP contribution >= 0.6 is 0 Å². The monoisotopic (exact) mass is 264 g/mol. The van der Waals surface area contributed by atoms with Gasteiger partial charge in [0.15, 0.2) is 0 Å². The van der Waals surface area contributed by atoms with Crippen molar-refractivity contribution in [3.05, 3.63) is 35.1 Å². The molecule has 0 saturated carbocycles. The number of halogens is 1. The predicted octanol–water partition coefficient (Wildman–Crippen LogP) is 1.79. The Morgan fingerprint density at radius 2 is 2.32 bits per heavy atom. The summed E-state index contributed by atoms with van der Waals surface area (Å²) in [7, 11) is 0. The molecule has 1 aromatic rings. The maximum absolute atomic E-state index is 13.0. The van der Waals surface area contributed by atoms with Crippen molar-refractivity contribution in [3.8, 4) is 0 Å². The molecule has 1 saturated heterocycles. The van der Waals surface area contributed by atoms with Crippen LogP contribution in [0.25, 0.3) is 0 Å². The summed E-state index contributed by atoms with van der Waals surface area (Å²) < 4.78 is 13.0. The van der Waals surface area contributed by atoms with Gasteiger partial charge < -0.3 is 10.6 Å². The summed E-state index contributed by atoms with van der Waals surface area (Å²) >= 11 is 0. The second kappa shape index (κ2) is 6.15. The molecule has 1 heterocycles. The molecule has 1 aliphatic heterocycles. The van der Waals surface area contributed by atoms with E-state index < -0.39 is 0 Å². The smallest absolute Gasteiger partial charge is 0.237 e. The molecule has 0 aliphatic carbocycles. The fraction of sp³-hybridized carbons (Fsp3) is 0.533. The van der Waals surface area contributed by atoms with E-state index in [2.05, 4.69) is 17.6 Å². The van der Waals surface area contributed by atoms with Gasteiger partial charge >= 0.3 is 0 Å². The molecule has 3 nitrogen and oxygen atoms in total. The number of hydrogen-bond acceptors (Lipinski definition) is 2. The summed E-state index contributed by atoms with van der Waals surface area (Å²) in [5.74, 6) is 0.256. The molecule has 0 spiro atoms. The third-order valence-corrected chi connectivity index (χ3v) is 3.81. The highest BCUT2D eigenvalue weighted by molar-refractivity contribution is 5.82. The van der Waals surface area contributed by atoms with Crippen LogP contribution < -0.4 is 10.6 Å². The Labute approximate surface area is 113 Å². The van der Waals surface area contributed by atoms with Gasteiger partial charge in [0.2, 0.25) is 5.91 Å². The zero-order valence-corrected chi connectivity index (χ0v) is 11.5. The van der Waals surface area contributed by atoms with Crippen molar-refractivity contribution in [2.45, 2.75) is 32.7 Å². The summed E-state index contributed by atoms with van der Waals surface area (Å²) in [5, 5.41) is 6.16. The van der Waals surface area contributed by atoms with E-state index in [-0.39, 0.29) is 17.8 Å². The molecule has 2 N–H and O–H groups in total. The zero-order chi connectivity index (χ0) is 13.8. The molecule has 104 valence electrons. The largest absolute Gasteiger partial charge is 0.354 e. The van der Waals surface area contributed by atoms with Gasteiger partial charge in [-0.15, -0.1) is 0 Å². The first-order valence-electron chi connectivity index (χ1n) is 6.84. The zero-order valence-electron chi connectivity index (χ0n) is 11.5. The highest BCUT2D eigenvalue weighted by atomic mass is 19.1. The van der Waals surface area contributed by atoms with Crippen molar-refractivity contribution >= 4 is 5.91 Å². The van der Waals surface area contributed by atoms with Crippen LogP contribution in [0, 0.1) is 18.7 Å². The summed E-state index contributed by atoms with van der Waals surface area (Å²) in [6.07, 6.45) is 1.79. The van der Waals surface area contributed by atoms with Gasteiger partial charge in [0.25, 0.3) is 0 Å². The lowest BCUT2D eigenvalue weighted by atomic mass is 10.0. The lowest BCUT2D eigenvalue weighted by molar-refractivity contribution is -0.123. The van der Waals surface area contributed by atoms with Crippen LogP contribution in [-0.2, 0) is 11.2 Å². The highest BCUT2D eigenvalue weighted by Crippen LogP contribution is 2.14.